The van der Waals surface area contributed by atoms with Crippen LogP contribution in [-0.4, -0.2) is 10.7 Å². The standard InChI is InChI=1S/C12H15ClO/c1-3-9-12(2,14)11(13)10-7-5-4-6-8-10/h3-9,11,14H,1-2H3/b9-3+. The highest BCUT2D eigenvalue weighted by molar-refractivity contribution is 6.21. The van der Waals surface area contributed by atoms with Gasteiger partial charge in [-0.15, -0.1) is 11.6 Å². The Morgan fingerprint density at radius 2 is 1.93 bits per heavy atom. The summed E-state index contributed by atoms with van der Waals surface area (Å²) in [6, 6.07) is 9.58. The lowest BCUT2D eigenvalue weighted by atomic mass is 9.95. The van der Waals surface area contributed by atoms with Crippen molar-refractivity contribution in [2.45, 2.75) is 24.8 Å². The van der Waals surface area contributed by atoms with Crippen LogP contribution in [0.5, 0.6) is 0 Å². The SMILES string of the molecule is C/C=C/C(C)(O)C(Cl)c1ccccc1. The topological polar surface area (TPSA) is 20.2 Å². The maximum Gasteiger partial charge on any atom is 0.100 e. The van der Waals surface area contributed by atoms with Crippen molar-refractivity contribution in [1.29, 1.82) is 0 Å². The van der Waals surface area contributed by atoms with Crippen molar-refractivity contribution in [3.05, 3.63) is 48.0 Å². The first-order valence-corrected chi connectivity index (χ1v) is 5.07. The maximum absolute atomic E-state index is 10.0. The van der Waals surface area contributed by atoms with E-state index in [2.05, 4.69) is 0 Å². The number of halogens is 1. The fourth-order valence-corrected chi connectivity index (χ4v) is 1.60. The van der Waals surface area contributed by atoms with E-state index in [1.807, 2.05) is 37.3 Å². The molecule has 0 aliphatic rings. The number of hydrogen-bond acceptors (Lipinski definition) is 1. The van der Waals surface area contributed by atoms with E-state index in [1.165, 1.54) is 0 Å². The van der Waals surface area contributed by atoms with Crippen molar-refractivity contribution >= 4 is 11.6 Å². The average molecular weight is 211 g/mol. The zero-order valence-corrected chi connectivity index (χ0v) is 9.20. The summed E-state index contributed by atoms with van der Waals surface area (Å²) in [5.74, 6) is 0. The molecule has 1 aromatic rings. The lowest BCUT2D eigenvalue weighted by Gasteiger charge is -2.25. The Balaban J connectivity index is 2.90. The van der Waals surface area contributed by atoms with Gasteiger partial charge >= 0.3 is 0 Å². The Labute approximate surface area is 90.0 Å². The van der Waals surface area contributed by atoms with Crippen LogP contribution in [0.2, 0.25) is 0 Å². The van der Waals surface area contributed by atoms with Crippen LogP contribution >= 0.6 is 11.6 Å². The molecule has 0 bridgehead atoms. The van der Waals surface area contributed by atoms with Gasteiger partial charge in [0.05, 0.1) is 5.38 Å². The predicted octanol–water partition coefficient (Wildman–Crippen LogP) is 3.29. The summed E-state index contributed by atoms with van der Waals surface area (Å²) in [6.45, 7) is 3.57. The van der Waals surface area contributed by atoms with Crippen LogP contribution in [0.3, 0.4) is 0 Å². The van der Waals surface area contributed by atoms with Gasteiger partial charge in [0.25, 0.3) is 0 Å². The molecule has 0 fully saturated rings. The molecule has 76 valence electrons. The number of alkyl halides is 1. The highest BCUT2D eigenvalue weighted by Crippen LogP contribution is 2.32. The number of benzene rings is 1. The van der Waals surface area contributed by atoms with Crippen LogP contribution in [0.15, 0.2) is 42.5 Å². The lowest BCUT2D eigenvalue weighted by Crippen LogP contribution is -2.26. The van der Waals surface area contributed by atoms with E-state index in [1.54, 1.807) is 19.1 Å². The Bertz CT molecular complexity index is 303. The second-order valence-electron chi connectivity index (χ2n) is 3.50. The molecular formula is C12H15ClO. The number of hydrogen-bond donors (Lipinski definition) is 1. The molecular weight excluding hydrogens is 196 g/mol. The fraction of sp³-hybridized carbons (Fsp3) is 0.333. The van der Waals surface area contributed by atoms with Crippen molar-refractivity contribution < 1.29 is 5.11 Å². The summed E-state index contributed by atoms with van der Waals surface area (Å²) in [5.41, 5.74) is -0.0743. The molecule has 2 atom stereocenters. The first kappa shape index (κ1) is 11.3. The molecule has 14 heavy (non-hydrogen) atoms. The molecule has 0 aliphatic heterocycles. The molecule has 1 N–H and O–H groups in total. The first-order chi connectivity index (χ1) is 6.58. The number of allylic oxidation sites excluding steroid dienone is 1. The van der Waals surface area contributed by atoms with Gasteiger partial charge in [0, 0.05) is 0 Å². The third kappa shape index (κ3) is 2.60. The van der Waals surface area contributed by atoms with Crippen LogP contribution in [0.1, 0.15) is 24.8 Å². The van der Waals surface area contributed by atoms with Gasteiger partial charge in [0.1, 0.15) is 5.60 Å². The van der Waals surface area contributed by atoms with E-state index in [0.29, 0.717) is 0 Å². The fourth-order valence-electron chi connectivity index (χ4n) is 1.38. The van der Waals surface area contributed by atoms with Gasteiger partial charge in [-0.1, -0.05) is 42.5 Å². The molecule has 0 aliphatic carbocycles. The molecule has 0 saturated heterocycles. The van der Waals surface area contributed by atoms with Gasteiger partial charge in [0.15, 0.2) is 0 Å². The zero-order chi connectivity index (χ0) is 10.6. The van der Waals surface area contributed by atoms with E-state index in [0.717, 1.165) is 5.56 Å². The summed E-state index contributed by atoms with van der Waals surface area (Å²) in [7, 11) is 0. The van der Waals surface area contributed by atoms with Gasteiger partial charge in [-0.25, -0.2) is 0 Å². The normalized spacial score (nSPS) is 18.0. The third-order valence-electron chi connectivity index (χ3n) is 2.11. The van der Waals surface area contributed by atoms with E-state index >= 15 is 0 Å². The second kappa shape index (κ2) is 4.63. The van der Waals surface area contributed by atoms with Gasteiger partial charge in [0.2, 0.25) is 0 Å². The summed E-state index contributed by atoms with van der Waals surface area (Å²) in [6.07, 6.45) is 3.51. The molecule has 0 aromatic heterocycles. The summed E-state index contributed by atoms with van der Waals surface area (Å²) in [5, 5.41) is 9.60. The second-order valence-corrected chi connectivity index (χ2v) is 3.94. The summed E-state index contributed by atoms with van der Waals surface area (Å²) in [4.78, 5) is 0. The van der Waals surface area contributed by atoms with Crippen molar-refractivity contribution in [2.24, 2.45) is 0 Å². The average Bonchev–Trinajstić information content (AvgIpc) is 2.18. The highest BCUT2D eigenvalue weighted by Gasteiger charge is 2.28. The van der Waals surface area contributed by atoms with Crippen molar-refractivity contribution in [3.63, 3.8) is 0 Å². The van der Waals surface area contributed by atoms with Crippen molar-refractivity contribution in [1.82, 2.24) is 0 Å². The first-order valence-electron chi connectivity index (χ1n) is 4.63. The summed E-state index contributed by atoms with van der Waals surface area (Å²) < 4.78 is 0. The Morgan fingerprint density at radius 3 is 2.43 bits per heavy atom. The summed E-state index contributed by atoms with van der Waals surface area (Å²) >= 11 is 6.18. The molecule has 0 heterocycles. The minimum Gasteiger partial charge on any atom is -0.384 e. The molecule has 0 saturated carbocycles. The minimum absolute atomic E-state index is 0.417. The molecule has 2 unspecified atom stereocenters. The van der Waals surface area contributed by atoms with Gasteiger partial charge < -0.3 is 5.11 Å². The molecule has 0 amide bonds. The van der Waals surface area contributed by atoms with E-state index < -0.39 is 11.0 Å². The van der Waals surface area contributed by atoms with Gasteiger partial charge in [-0.2, -0.15) is 0 Å². The van der Waals surface area contributed by atoms with Crippen LogP contribution in [-0.2, 0) is 0 Å². The van der Waals surface area contributed by atoms with Gasteiger partial charge in [-0.05, 0) is 19.4 Å². The highest BCUT2D eigenvalue weighted by atomic mass is 35.5. The number of rotatable bonds is 3. The van der Waals surface area contributed by atoms with Crippen LogP contribution in [0, 0.1) is 0 Å². The van der Waals surface area contributed by atoms with Gasteiger partial charge in [-0.3, -0.25) is 0 Å². The molecule has 1 rings (SSSR count). The Kier molecular flexibility index (Phi) is 3.73. The monoisotopic (exact) mass is 210 g/mol. The minimum atomic E-state index is -1.00. The van der Waals surface area contributed by atoms with E-state index in [9.17, 15) is 5.11 Å². The number of aliphatic hydroxyl groups is 1. The van der Waals surface area contributed by atoms with Crippen LogP contribution in [0.4, 0.5) is 0 Å². The van der Waals surface area contributed by atoms with Crippen molar-refractivity contribution in [3.8, 4) is 0 Å². The van der Waals surface area contributed by atoms with Crippen molar-refractivity contribution in [2.75, 3.05) is 0 Å². The largest absolute Gasteiger partial charge is 0.384 e. The molecule has 0 spiro atoms. The molecule has 1 aromatic carbocycles. The molecule has 2 heteroatoms. The third-order valence-corrected chi connectivity index (χ3v) is 2.80. The lowest BCUT2D eigenvalue weighted by molar-refractivity contribution is 0.106. The molecule has 1 nitrogen and oxygen atoms in total. The maximum atomic E-state index is 10.0. The molecule has 0 radical (unpaired) electrons. The zero-order valence-electron chi connectivity index (χ0n) is 8.44. The smallest absolute Gasteiger partial charge is 0.100 e. The van der Waals surface area contributed by atoms with E-state index in [-0.39, 0.29) is 0 Å². The quantitative estimate of drug-likeness (QED) is 0.600. The Morgan fingerprint density at radius 1 is 1.36 bits per heavy atom. The van der Waals surface area contributed by atoms with E-state index in [4.69, 9.17) is 11.6 Å². The van der Waals surface area contributed by atoms with Crippen LogP contribution < -0.4 is 0 Å². The Hall–Kier alpha value is -0.790. The van der Waals surface area contributed by atoms with Crippen LogP contribution in [0.25, 0.3) is 0 Å². The predicted molar refractivity (Wildman–Crippen MR) is 60.5 cm³/mol.